The summed E-state index contributed by atoms with van der Waals surface area (Å²) in [6.45, 7) is 2.50. The number of amides is 1. The number of nitro groups is 1. The number of nitrogens with one attached hydrogen (secondary N) is 1. The van der Waals surface area contributed by atoms with Gasteiger partial charge in [0.05, 0.1) is 22.1 Å². The first-order valence-corrected chi connectivity index (χ1v) is 10.2. The van der Waals surface area contributed by atoms with E-state index in [-0.39, 0.29) is 11.6 Å². The summed E-state index contributed by atoms with van der Waals surface area (Å²) in [5.74, 6) is 1.42. The second-order valence-electron chi connectivity index (χ2n) is 6.42. The first-order chi connectivity index (χ1) is 15.0. The summed E-state index contributed by atoms with van der Waals surface area (Å²) in [5, 5.41) is 14.2. The molecule has 1 fully saturated rings. The summed E-state index contributed by atoms with van der Waals surface area (Å²) in [6.07, 6.45) is 1.61. The van der Waals surface area contributed by atoms with Gasteiger partial charge in [0.1, 0.15) is 17.3 Å². The molecular formula is C22H17N3O5S. The fourth-order valence-corrected chi connectivity index (χ4v) is 3.69. The molecule has 1 amide bonds. The molecule has 3 aromatic rings. The number of nitrogens with zero attached hydrogens (tertiary/aromatic N) is 2. The number of amidine groups is 1. The maximum absolute atomic E-state index is 12.3. The van der Waals surface area contributed by atoms with E-state index in [1.807, 2.05) is 31.2 Å². The molecule has 1 aromatic heterocycles. The minimum absolute atomic E-state index is 0.0188. The number of non-ortho nitro benzene ring substituents is 1. The number of rotatable bonds is 6. The van der Waals surface area contributed by atoms with Crippen LogP contribution in [0.15, 0.2) is 75.0 Å². The molecule has 0 bridgehead atoms. The Labute approximate surface area is 181 Å². The van der Waals surface area contributed by atoms with Crippen molar-refractivity contribution >= 4 is 40.3 Å². The van der Waals surface area contributed by atoms with Gasteiger partial charge in [-0.05, 0) is 55.1 Å². The molecule has 9 heteroatoms. The van der Waals surface area contributed by atoms with Crippen LogP contribution in [0.4, 0.5) is 11.4 Å². The first kappa shape index (κ1) is 20.4. The van der Waals surface area contributed by atoms with Gasteiger partial charge in [-0.25, -0.2) is 4.99 Å². The zero-order valence-corrected chi connectivity index (χ0v) is 17.2. The summed E-state index contributed by atoms with van der Waals surface area (Å²) in [6, 6.07) is 16.8. The summed E-state index contributed by atoms with van der Waals surface area (Å²) in [5.41, 5.74) is 1.26. The number of carbonyl (C=O) groups is 1. The predicted molar refractivity (Wildman–Crippen MR) is 119 cm³/mol. The maximum Gasteiger partial charge on any atom is 0.270 e. The average molecular weight is 435 g/mol. The second kappa shape index (κ2) is 8.88. The fourth-order valence-electron chi connectivity index (χ4n) is 2.87. The molecule has 0 aliphatic carbocycles. The van der Waals surface area contributed by atoms with Gasteiger partial charge < -0.3 is 14.5 Å². The molecule has 1 aliphatic rings. The van der Waals surface area contributed by atoms with Gasteiger partial charge in [-0.3, -0.25) is 14.9 Å². The summed E-state index contributed by atoms with van der Waals surface area (Å²) in [7, 11) is 0. The Morgan fingerprint density at radius 3 is 2.74 bits per heavy atom. The number of thioether (sulfide) groups is 1. The third-order valence-corrected chi connectivity index (χ3v) is 5.18. The second-order valence-corrected chi connectivity index (χ2v) is 7.45. The van der Waals surface area contributed by atoms with Crippen molar-refractivity contribution < 1.29 is 18.9 Å². The number of aliphatic imine (C=N–C) groups is 1. The predicted octanol–water partition coefficient (Wildman–Crippen LogP) is 5.15. The third kappa shape index (κ3) is 4.84. The van der Waals surface area contributed by atoms with E-state index in [9.17, 15) is 14.9 Å². The Kier molecular flexibility index (Phi) is 5.85. The number of hydrogen-bond donors (Lipinski definition) is 1. The molecule has 4 rings (SSSR count). The smallest absolute Gasteiger partial charge is 0.270 e. The molecular weight excluding hydrogens is 418 g/mol. The standard InChI is InChI=1S/C22H17N3O5S/c1-2-29-17-8-6-15(7-9-17)23-22-24-21(26)20(31-22)13-18-10-11-19(30-18)14-4-3-5-16(12-14)25(27)28/h3-13H,2H2,1H3,(H,23,24,26). The van der Waals surface area contributed by atoms with Crippen LogP contribution < -0.4 is 10.1 Å². The first-order valence-electron chi connectivity index (χ1n) is 9.39. The molecule has 0 radical (unpaired) electrons. The summed E-state index contributed by atoms with van der Waals surface area (Å²) >= 11 is 1.20. The van der Waals surface area contributed by atoms with Crippen LogP contribution in [0.3, 0.4) is 0 Å². The lowest BCUT2D eigenvalue weighted by Crippen LogP contribution is -2.19. The Morgan fingerprint density at radius 1 is 1.19 bits per heavy atom. The van der Waals surface area contributed by atoms with Crippen LogP contribution in [0.1, 0.15) is 12.7 Å². The molecule has 2 aromatic carbocycles. The molecule has 0 saturated carbocycles. The zero-order chi connectivity index (χ0) is 21.8. The average Bonchev–Trinajstić information content (AvgIpc) is 3.37. The Morgan fingerprint density at radius 2 is 2.00 bits per heavy atom. The van der Waals surface area contributed by atoms with Crippen molar-refractivity contribution in [2.75, 3.05) is 6.61 Å². The van der Waals surface area contributed by atoms with Crippen LogP contribution in [0.2, 0.25) is 0 Å². The van der Waals surface area contributed by atoms with Crippen molar-refractivity contribution in [3.05, 3.63) is 81.4 Å². The number of furan rings is 1. The molecule has 0 atom stereocenters. The zero-order valence-electron chi connectivity index (χ0n) is 16.4. The lowest BCUT2D eigenvalue weighted by molar-refractivity contribution is -0.384. The fraction of sp³-hybridized carbons (Fsp3) is 0.0909. The van der Waals surface area contributed by atoms with Gasteiger partial charge >= 0.3 is 0 Å². The number of ether oxygens (including phenoxy) is 1. The van der Waals surface area contributed by atoms with E-state index in [0.717, 1.165) is 5.75 Å². The van der Waals surface area contributed by atoms with E-state index in [1.165, 1.54) is 23.9 Å². The Hall–Kier alpha value is -3.85. The van der Waals surface area contributed by atoms with Gasteiger partial charge in [0.2, 0.25) is 0 Å². The van der Waals surface area contributed by atoms with Crippen molar-refractivity contribution in [1.29, 1.82) is 0 Å². The monoisotopic (exact) mass is 435 g/mol. The van der Waals surface area contributed by atoms with Gasteiger partial charge in [-0.15, -0.1) is 0 Å². The van der Waals surface area contributed by atoms with Crippen molar-refractivity contribution in [3.63, 3.8) is 0 Å². The third-order valence-electron chi connectivity index (χ3n) is 4.27. The van der Waals surface area contributed by atoms with E-state index in [1.54, 1.807) is 30.3 Å². The van der Waals surface area contributed by atoms with Crippen molar-refractivity contribution in [1.82, 2.24) is 5.32 Å². The van der Waals surface area contributed by atoms with Crippen LogP contribution in [0.5, 0.6) is 5.75 Å². The number of carbonyl (C=O) groups excluding carboxylic acids is 1. The van der Waals surface area contributed by atoms with Crippen molar-refractivity contribution in [2.24, 2.45) is 4.99 Å². The highest BCUT2D eigenvalue weighted by atomic mass is 32.2. The van der Waals surface area contributed by atoms with E-state index in [2.05, 4.69) is 10.3 Å². The van der Waals surface area contributed by atoms with Gasteiger partial charge in [0, 0.05) is 23.8 Å². The summed E-state index contributed by atoms with van der Waals surface area (Å²) < 4.78 is 11.2. The number of benzene rings is 2. The van der Waals surface area contributed by atoms with Gasteiger partial charge in [0.25, 0.3) is 11.6 Å². The molecule has 0 unspecified atom stereocenters. The van der Waals surface area contributed by atoms with E-state index < -0.39 is 4.92 Å². The SMILES string of the molecule is CCOc1ccc(N=C2NC(=O)C(=Cc3ccc(-c4cccc([N+](=O)[O-])c4)o3)S2)cc1. The lowest BCUT2D eigenvalue weighted by atomic mass is 10.1. The van der Waals surface area contributed by atoms with Crippen molar-refractivity contribution in [2.45, 2.75) is 6.92 Å². The van der Waals surface area contributed by atoms with Gasteiger partial charge in [0.15, 0.2) is 5.17 Å². The van der Waals surface area contributed by atoms with E-state index >= 15 is 0 Å². The Bertz CT molecular complexity index is 1200. The highest BCUT2D eigenvalue weighted by molar-refractivity contribution is 8.18. The quantitative estimate of drug-likeness (QED) is 0.326. The Balaban J connectivity index is 1.50. The molecule has 1 saturated heterocycles. The molecule has 156 valence electrons. The molecule has 8 nitrogen and oxygen atoms in total. The minimum Gasteiger partial charge on any atom is -0.494 e. The topological polar surface area (TPSA) is 107 Å². The largest absolute Gasteiger partial charge is 0.494 e. The van der Waals surface area contributed by atoms with Crippen molar-refractivity contribution in [3.8, 4) is 17.1 Å². The van der Waals surface area contributed by atoms with E-state index in [0.29, 0.717) is 39.5 Å². The molecule has 1 aliphatic heterocycles. The van der Waals surface area contributed by atoms with Crippen LogP contribution in [0, 0.1) is 10.1 Å². The highest BCUT2D eigenvalue weighted by Crippen LogP contribution is 2.31. The van der Waals surface area contributed by atoms with Crippen LogP contribution in [-0.4, -0.2) is 22.6 Å². The van der Waals surface area contributed by atoms with E-state index in [4.69, 9.17) is 9.15 Å². The molecule has 1 N–H and O–H groups in total. The summed E-state index contributed by atoms with van der Waals surface area (Å²) in [4.78, 5) is 27.7. The number of nitro benzene ring substituents is 1. The van der Waals surface area contributed by atoms with Gasteiger partial charge in [-0.2, -0.15) is 0 Å². The van der Waals surface area contributed by atoms with Crippen LogP contribution >= 0.6 is 11.8 Å². The highest BCUT2D eigenvalue weighted by Gasteiger charge is 2.24. The molecule has 2 heterocycles. The van der Waals surface area contributed by atoms with Crippen LogP contribution in [0.25, 0.3) is 17.4 Å². The number of hydrogen-bond acceptors (Lipinski definition) is 7. The normalized spacial score (nSPS) is 16.0. The minimum atomic E-state index is -0.458. The van der Waals surface area contributed by atoms with Crippen LogP contribution in [-0.2, 0) is 4.79 Å². The van der Waals surface area contributed by atoms with Gasteiger partial charge in [-0.1, -0.05) is 12.1 Å². The molecule has 0 spiro atoms. The molecule has 31 heavy (non-hydrogen) atoms. The lowest BCUT2D eigenvalue weighted by Gasteiger charge is -2.02. The maximum atomic E-state index is 12.3.